The van der Waals surface area contributed by atoms with Gasteiger partial charge in [-0.3, -0.25) is 4.79 Å². The number of nitrogens with zero attached hydrogens (tertiary/aromatic N) is 1. The van der Waals surface area contributed by atoms with Crippen LogP contribution in [0.1, 0.15) is 4.79 Å². The lowest BCUT2D eigenvalue weighted by Gasteiger charge is -1.94. The number of allylic oxidation sites excluding steroid dienone is 1. The molecule has 5 heteroatoms. The Morgan fingerprint density at radius 2 is 2.27 bits per heavy atom. The van der Waals surface area contributed by atoms with Crippen molar-refractivity contribution in [2.45, 2.75) is 0 Å². The molecular weight excluding hydrogens is 218 g/mol. The minimum atomic E-state index is -0.739. The summed E-state index contributed by atoms with van der Waals surface area (Å²) in [4.78, 5) is 22.7. The number of benzene rings is 1. The molecule has 15 heavy (non-hydrogen) atoms. The molecule has 76 valence electrons. The number of carbonyl (C=O) groups is 1. The number of aromatic nitrogens is 1. The largest absolute Gasteiger partial charge is 0.427 e. The molecule has 0 aliphatic rings. The topological polar surface area (TPSA) is 52.2 Å². The summed E-state index contributed by atoms with van der Waals surface area (Å²) in [5.41, 5.74) is 0.664. The molecule has 0 amide bonds. The smallest absolute Gasteiger partial charge is 0.407 e. The van der Waals surface area contributed by atoms with E-state index < -0.39 is 11.7 Å². The van der Waals surface area contributed by atoms with Crippen molar-refractivity contribution < 1.29 is 9.21 Å². The Hall–Kier alpha value is -1.81. The summed E-state index contributed by atoms with van der Waals surface area (Å²) in [6.45, 7) is 3.31. The standard InChI is InChI=1S/C10H6ClNO3/c1-2-9(13)12-7-4-3-6(11)5-8(7)15-10(12)14/h2-5H,1H2. The van der Waals surface area contributed by atoms with E-state index in [2.05, 4.69) is 6.58 Å². The van der Waals surface area contributed by atoms with Gasteiger partial charge in [-0.1, -0.05) is 18.2 Å². The average molecular weight is 224 g/mol. The molecule has 0 saturated heterocycles. The van der Waals surface area contributed by atoms with Gasteiger partial charge in [-0.25, -0.2) is 9.36 Å². The maximum Gasteiger partial charge on any atom is 0.427 e. The van der Waals surface area contributed by atoms with Crippen molar-refractivity contribution >= 4 is 28.6 Å². The van der Waals surface area contributed by atoms with Crippen molar-refractivity contribution in [2.24, 2.45) is 0 Å². The second-order valence-corrected chi connectivity index (χ2v) is 3.29. The molecule has 0 aliphatic heterocycles. The van der Waals surface area contributed by atoms with Crippen LogP contribution in [0, 0.1) is 0 Å². The molecule has 0 aliphatic carbocycles. The highest BCUT2D eigenvalue weighted by atomic mass is 35.5. The van der Waals surface area contributed by atoms with Crippen molar-refractivity contribution in [3.8, 4) is 0 Å². The van der Waals surface area contributed by atoms with E-state index in [-0.39, 0.29) is 5.58 Å². The molecule has 1 aromatic carbocycles. The second kappa shape index (κ2) is 3.40. The highest BCUT2D eigenvalue weighted by molar-refractivity contribution is 6.31. The van der Waals surface area contributed by atoms with Crippen LogP contribution in [0.5, 0.6) is 0 Å². The average Bonchev–Trinajstić information content (AvgIpc) is 2.52. The van der Waals surface area contributed by atoms with E-state index in [1.165, 1.54) is 6.07 Å². The van der Waals surface area contributed by atoms with E-state index in [0.717, 1.165) is 10.6 Å². The van der Waals surface area contributed by atoms with Crippen LogP contribution in [0.2, 0.25) is 5.02 Å². The molecule has 2 rings (SSSR count). The predicted octanol–water partition coefficient (Wildman–Crippen LogP) is 2.07. The van der Waals surface area contributed by atoms with Gasteiger partial charge in [-0.15, -0.1) is 0 Å². The van der Waals surface area contributed by atoms with E-state index in [1.54, 1.807) is 12.1 Å². The molecule has 0 spiro atoms. The molecule has 1 heterocycles. The number of oxazole rings is 1. The third-order valence-electron chi connectivity index (χ3n) is 1.94. The first-order valence-electron chi connectivity index (χ1n) is 4.11. The van der Waals surface area contributed by atoms with Gasteiger partial charge in [-0.05, 0) is 18.2 Å². The molecule has 0 radical (unpaired) electrons. The Morgan fingerprint density at radius 1 is 1.53 bits per heavy atom. The number of fused-ring (bicyclic) bond motifs is 1. The molecule has 0 saturated carbocycles. The first-order valence-corrected chi connectivity index (χ1v) is 4.49. The van der Waals surface area contributed by atoms with Crippen molar-refractivity contribution in [1.29, 1.82) is 0 Å². The van der Waals surface area contributed by atoms with E-state index in [0.29, 0.717) is 10.5 Å². The number of hydrogen-bond acceptors (Lipinski definition) is 3. The number of halogens is 1. The van der Waals surface area contributed by atoms with E-state index in [9.17, 15) is 9.59 Å². The zero-order valence-electron chi connectivity index (χ0n) is 7.57. The molecule has 0 atom stereocenters. The van der Waals surface area contributed by atoms with Gasteiger partial charge < -0.3 is 4.42 Å². The van der Waals surface area contributed by atoms with Gasteiger partial charge in [0.1, 0.15) is 0 Å². The van der Waals surface area contributed by atoms with Gasteiger partial charge >= 0.3 is 5.76 Å². The summed E-state index contributed by atoms with van der Waals surface area (Å²) in [6, 6.07) is 4.60. The van der Waals surface area contributed by atoms with E-state index in [4.69, 9.17) is 16.0 Å². The van der Waals surface area contributed by atoms with E-state index >= 15 is 0 Å². The Bertz CT molecular complexity index is 609. The third kappa shape index (κ3) is 1.49. The van der Waals surface area contributed by atoms with Crippen molar-refractivity contribution in [2.75, 3.05) is 0 Å². The normalized spacial score (nSPS) is 10.5. The van der Waals surface area contributed by atoms with Gasteiger partial charge in [0.25, 0.3) is 5.91 Å². The van der Waals surface area contributed by atoms with Crippen LogP contribution >= 0.6 is 11.6 Å². The molecule has 4 nitrogen and oxygen atoms in total. The molecule has 0 N–H and O–H groups in total. The zero-order chi connectivity index (χ0) is 11.0. The first-order chi connectivity index (χ1) is 7.13. The summed E-state index contributed by atoms with van der Waals surface area (Å²) < 4.78 is 5.76. The summed E-state index contributed by atoms with van der Waals surface area (Å²) in [5.74, 6) is -1.27. The summed E-state index contributed by atoms with van der Waals surface area (Å²) in [7, 11) is 0. The van der Waals surface area contributed by atoms with Crippen molar-refractivity contribution in [3.63, 3.8) is 0 Å². The Labute approximate surface area is 89.4 Å². The van der Waals surface area contributed by atoms with Gasteiger partial charge in [-0.2, -0.15) is 0 Å². The maximum absolute atomic E-state index is 11.3. The number of carbonyl (C=O) groups excluding carboxylic acids is 1. The number of rotatable bonds is 1. The van der Waals surface area contributed by atoms with Crippen LogP contribution in [0.3, 0.4) is 0 Å². The lowest BCUT2D eigenvalue weighted by molar-refractivity contribution is 0.0966. The van der Waals surface area contributed by atoms with Gasteiger partial charge in [0, 0.05) is 11.1 Å². The Balaban J connectivity index is 2.85. The molecule has 1 aromatic heterocycles. The fourth-order valence-electron chi connectivity index (χ4n) is 1.29. The van der Waals surface area contributed by atoms with Crippen molar-refractivity contribution in [1.82, 2.24) is 4.57 Å². The Kier molecular flexibility index (Phi) is 2.21. The minimum absolute atomic E-state index is 0.280. The van der Waals surface area contributed by atoms with Gasteiger partial charge in [0.2, 0.25) is 0 Å². The van der Waals surface area contributed by atoms with Crippen LogP contribution < -0.4 is 5.76 Å². The van der Waals surface area contributed by atoms with Gasteiger partial charge in [0.15, 0.2) is 5.58 Å². The lowest BCUT2D eigenvalue weighted by atomic mass is 10.3. The summed E-state index contributed by atoms with van der Waals surface area (Å²) >= 11 is 5.72. The lowest BCUT2D eigenvalue weighted by Crippen LogP contribution is -2.20. The SMILES string of the molecule is C=CC(=O)n1c(=O)oc2cc(Cl)ccc21. The molecule has 0 bridgehead atoms. The molecular formula is C10H6ClNO3. The second-order valence-electron chi connectivity index (χ2n) is 2.86. The quantitative estimate of drug-likeness (QED) is 0.696. The highest BCUT2D eigenvalue weighted by Gasteiger charge is 2.13. The third-order valence-corrected chi connectivity index (χ3v) is 2.17. The molecule has 0 fully saturated rings. The molecule has 0 unspecified atom stereocenters. The monoisotopic (exact) mass is 223 g/mol. The fourth-order valence-corrected chi connectivity index (χ4v) is 1.45. The predicted molar refractivity (Wildman–Crippen MR) is 56.3 cm³/mol. The van der Waals surface area contributed by atoms with Crippen LogP contribution in [0.15, 0.2) is 40.1 Å². The minimum Gasteiger partial charge on any atom is -0.407 e. The summed E-state index contributed by atoms with van der Waals surface area (Å²) in [5, 5.41) is 0.439. The van der Waals surface area contributed by atoms with Crippen LogP contribution in [-0.2, 0) is 0 Å². The zero-order valence-corrected chi connectivity index (χ0v) is 8.32. The van der Waals surface area contributed by atoms with Crippen LogP contribution in [0.25, 0.3) is 11.1 Å². The van der Waals surface area contributed by atoms with Gasteiger partial charge in [0.05, 0.1) is 5.52 Å². The van der Waals surface area contributed by atoms with E-state index in [1.807, 2.05) is 0 Å². The van der Waals surface area contributed by atoms with Crippen molar-refractivity contribution in [3.05, 3.63) is 46.4 Å². The Morgan fingerprint density at radius 3 is 2.93 bits per heavy atom. The molecule has 2 aromatic rings. The maximum atomic E-state index is 11.3. The van der Waals surface area contributed by atoms with Crippen LogP contribution in [-0.4, -0.2) is 10.5 Å². The summed E-state index contributed by atoms with van der Waals surface area (Å²) in [6.07, 6.45) is 1.05. The fraction of sp³-hybridized carbons (Fsp3) is 0. The number of hydrogen-bond donors (Lipinski definition) is 0. The van der Waals surface area contributed by atoms with Crippen LogP contribution in [0.4, 0.5) is 0 Å². The highest BCUT2D eigenvalue weighted by Crippen LogP contribution is 2.18. The first kappa shape index (κ1) is 9.73.